The molecule has 0 aliphatic heterocycles. The molecule has 0 heterocycles. The van der Waals surface area contributed by atoms with Gasteiger partial charge in [-0.15, -0.1) is 0 Å². The van der Waals surface area contributed by atoms with Crippen molar-refractivity contribution in [3.8, 4) is 0 Å². The van der Waals surface area contributed by atoms with Crippen molar-refractivity contribution < 1.29 is 0 Å². The average Bonchev–Trinajstić information content (AvgIpc) is 2.03. The summed E-state index contributed by atoms with van der Waals surface area (Å²) in [6.07, 6.45) is 5.21. The lowest BCUT2D eigenvalue weighted by Crippen LogP contribution is -2.06. The number of hydrogen-bond donors (Lipinski definition) is 0. The third kappa shape index (κ3) is 5.62. The average molecular weight is 169 g/mol. The largest absolute Gasteiger partial charge is 0.0651 e. The van der Waals surface area contributed by atoms with Crippen LogP contribution in [0.5, 0.6) is 0 Å². The molecule has 0 aromatic carbocycles. The first-order chi connectivity index (χ1) is 5.60. The Labute approximate surface area is 78.8 Å². The maximum absolute atomic E-state index is 4.21. The lowest BCUT2D eigenvalue weighted by Gasteiger charge is -2.18. The molecule has 0 nitrogen and oxygen atoms in total. The SMILES string of the molecule is [CH2]C(CC(C)CC)CC(C)CC. The molecule has 2 atom stereocenters. The molecule has 0 bridgehead atoms. The smallest absolute Gasteiger partial charge is 0.0409 e. The van der Waals surface area contributed by atoms with Gasteiger partial charge < -0.3 is 0 Å². The van der Waals surface area contributed by atoms with Crippen LogP contribution in [0.2, 0.25) is 0 Å². The predicted molar refractivity (Wildman–Crippen MR) is 57.0 cm³/mol. The van der Waals surface area contributed by atoms with Gasteiger partial charge in [0.15, 0.2) is 0 Å². The van der Waals surface area contributed by atoms with E-state index in [-0.39, 0.29) is 0 Å². The Morgan fingerprint density at radius 3 is 1.50 bits per heavy atom. The minimum atomic E-state index is 0.676. The van der Waals surface area contributed by atoms with E-state index in [1.54, 1.807) is 0 Å². The minimum absolute atomic E-state index is 0.676. The first-order valence-corrected chi connectivity index (χ1v) is 5.43. The second-order valence-electron chi connectivity index (χ2n) is 4.36. The molecule has 0 aliphatic rings. The van der Waals surface area contributed by atoms with Gasteiger partial charge in [0.2, 0.25) is 0 Å². The van der Waals surface area contributed by atoms with Gasteiger partial charge in [0.05, 0.1) is 0 Å². The van der Waals surface area contributed by atoms with E-state index in [0.717, 1.165) is 11.8 Å². The Morgan fingerprint density at radius 2 is 1.25 bits per heavy atom. The van der Waals surface area contributed by atoms with Crippen molar-refractivity contribution in [3.05, 3.63) is 6.92 Å². The van der Waals surface area contributed by atoms with Gasteiger partial charge in [-0.25, -0.2) is 0 Å². The third-order valence-corrected chi connectivity index (χ3v) is 2.87. The molecular formula is C12H25. The zero-order valence-electron chi connectivity index (χ0n) is 9.27. The summed E-state index contributed by atoms with van der Waals surface area (Å²) < 4.78 is 0. The van der Waals surface area contributed by atoms with Crippen molar-refractivity contribution in [1.82, 2.24) is 0 Å². The van der Waals surface area contributed by atoms with Crippen molar-refractivity contribution in [2.75, 3.05) is 0 Å². The third-order valence-electron chi connectivity index (χ3n) is 2.87. The molecular weight excluding hydrogens is 144 g/mol. The quantitative estimate of drug-likeness (QED) is 0.556. The first kappa shape index (κ1) is 12.0. The fraction of sp³-hybridized carbons (Fsp3) is 0.917. The maximum atomic E-state index is 4.21. The number of hydrogen-bond acceptors (Lipinski definition) is 0. The normalized spacial score (nSPS) is 18.8. The minimum Gasteiger partial charge on any atom is -0.0651 e. The van der Waals surface area contributed by atoms with E-state index >= 15 is 0 Å². The summed E-state index contributed by atoms with van der Waals surface area (Å²) in [5.74, 6) is 2.39. The molecule has 0 aromatic heterocycles. The van der Waals surface area contributed by atoms with Crippen LogP contribution in [0, 0.1) is 24.7 Å². The van der Waals surface area contributed by atoms with Crippen LogP contribution in [0.25, 0.3) is 0 Å². The molecule has 0 spiro atoms. The summed E-state index contributed by atoms with van der Waals surface area (Å²) in [5, 5.41) is 0. The van der Waals surface area contributed by atoms with E-state index in [0.29, 0.717) is 5.92 Å². The van der Waals surface area contributed by atoms with Crippen molar-refractivity contribution in [3.63, 3.8) is 0 Å². The van der Waals surface area contributed by atoms with Gasteiger partial charge in [0.25, 0.3) is 0 Å². The van der Waals surface area contributed by atoms with Gasteiger partial charge in [-0.2, -0.15) is 0 Å². The monoisotopic (exact) mass is 169 g/mol. The topological polar surface area (TPSA) is 0 Å². The maximum Gasteiger partial charge on any atom is -0.0409 e. The molecule has 73 valence electrons. The molecule has 1 radical (unpaired) electrons. The highest BCUT2D eigenvalue weighted by Gasteiger charge is 2.10. The molecule has 0 saturated carbocycles. The van der Waals surface area contributed by atoms with E-state index in [9.17, 15) is 0 Å². The van der Waals surface area contributed by atoms with Crippen molar-refractivity contribution in [1.29, 1.82) is 0 Å². The Morgan fingerprint density at radius 1 is 0.917 bits per heavy atom. The Bertz CT molecular complexity index is 84.2. The molecule has 0 heteroatoms. The van der Waals surface area contributed by atoms with E-state index < -0.39 is 0 Å². The zero-order chi connectivity index (χ0) is 9.56. The predicted octanol–water partition coefficient (Wildman–Crippen LogP) is 4.31. The van der Waals surface area contributed by atoms with Crippen LogP contribution >= 0.6 is 0 Å². The summed E-state index contributed by atoms with van der Waals surface area (Å²) in [7, 11) is 0. The molecule has 12 heavy (non-hydrogen) atoms. The van der Waals surface area contributed by atoms with E-state index in [2.05, 4.69) is 34.6 Å². The lowest BCUT2D eigenvalue weighted by atomic mass is 9.88. The van der Waals surface area contributed by atoms with Gasteiger partial charge >= 0.3 is 0 Å². The fourth-order valence-corrected chi connectivity index (χ4v) is 1.57. The van der Waals surface area contributed by atoms with Crippen LogP contribution < -0.4 is 0 Å². The Hall–Kier alpha value is 0. The summed E-state index contributed by atoms with van der Waals surface area (Å²) in [6.45, 7) is 13.4. The second-order valence-corrected chi connectivity index (χ2v) is 4.36. The van der Waals surface area contributed by atoms with E-state index in [1.165, 1.54) is 25.7 Å². The van der Waals surface area contributed by atoms with Crippen LogP contribution in [-0.4, -0.2) is 0 Å². The first-order valence-electron chi connectivity index (χ1n) is 5.43. The van der Waals surface area contributed by atoms with Gasteiger partial charge in [-0.1, -0.05) is 47.5 Å². The van der Waals surface area contributed by atoms with E-state index in [1.807, 2.05) is 0 Å². The van der Waals surface area contributed by atoms with Crippen molar-refractivity contribution in [2.45, 2.75) is 53.4 Å². The molecule has 0 aromatic rings. The van der Waals surface area contributed by atoms with E-state index in [4.69, 9.17) is 0 Å². The van der Waals surface area contributed by atoms with Crippen molar-refractivity contribution >= 4 is 0 Å². The van der Waals surface area contributed by atoms with Crippen LogP contribution in [0.3, 0.4) is 0 Å². The summed E-state index contributed by atoms with van der Waals surface area (Å²) in [5.41, 5.74) is 0. The highest BCUT2D eigenvalue weighted by Crippen LogP contribution is 2.22. The van der Waals surface area contributed by atoms with Crippen molar-refractivity contribution in [2.24, 2.45) is 17.8 Å². The van der Waals surface area contributed by atoms with Gasteiger partial charge in [-0.05, 0) is 30.6 Å². The molecule has 0 saturated heterocycles. The zero-order valence-corrected chi connectivity index (χ0v) is 9.27. The molecule has 0 amide bonds. The lowest BCUT2D eigenvalue weighted by molar-refractivity contribution is 0.359. The van der Waals surface area contributed by atoms with Gasteiger partial charge in [0, 0.05) is 0 Å². The summed E-state index contributed by atoms with van der Waals surface area (Å²) >= 11 is 0. The summed E-state index contributed by atoms with van der Waals surface area (Å²) in [4.78, 5) is 0. The molecule has 0 aliphatic carbocycles. The summed E-state index contributed by atoms with van der Waals surface area (Å²) in [6, 6.07) is 0. The highest BCUT2D eigenvalue weighted by molar-refractivity contribution is 4.67. The fourth-order valence-electron chi connectivity index (χ4n) is 1.57. The standard InChI is InChI=1S/C12H25/c1-6-10(3)8-12(5)9-11(4)7-2/h10-12H,5-9H2,1-4H3. The van der Waals surface area contributed by atoms with Crippen LogP contribution in [0.15, 0.2) is 0 Å². The van der Waals surface area contributed by atoms with Crippen LogP contribution in [0.1, 0.15) is 53.4 Å². The Kier molecular flexibility index (Phi) is 6.51. The van der Waals surface area contributed by atoms with Gasteiger partial charge in [0.1, 0.15) is 0 Å². The highest BCUT2D eigenvalue weighted by atomic mass is 14.2. The Balaban J connectivity index is 3.51. The van der Waals surface area contributed by atoms with Gasteiger partial charge in [-0.3, -0.25) is 0 Å². The van der Waals surface area contributed by atoms with Crippen LogP contribution in [-0.2, 0) is 0 Å². The molecule has 0 rings (SSSR count). The molecule has 0 N–H and O–H groups in total. The number of rotatable bonds is 6. The molecule has 2 unspecified atom stereocenters. The van der Waals surface area contributed by atoms with Crippen LogP contribution in [0.4, 0.5) is 0 Å². The second kappa shape index (κ2) is 6.51. The molecule has 0 fully saturated rings.